The lowest BCUT2D eigenvalue weighted by Gasteiger charge is -2.52. The molecule has 0 saturated carbocycles. The van der Waals surface area contributed by atoms with Crippen LogP contribution in [0.4, 0.5) is 45.5 Å². The van der Waals surface area contributed by atoms with Gasteiger partial charge in [-0.1, -0.05) is 214 Å². The molecule has 14 rings (SSSR count). The summed E-state index contributed by atoms with van der Waals surface area (Å²) in [6.07, 6.45) is 0. The van der Waals surface area contributed by atoms with E-state index in [9.17, 15) is 0 Å². The molecule has 0 fully saturated rings. The maximum atomic E-state index is 2.70. The van der Waals surface area contributed by atoms with Crippen molar-refractivity contribution in [1.82, 2.24) is 0 Å². The molecule has 3 heterocycles. The molecule has 3 nitrogen and oxygen atoms in total. The standard InChI is InChI=1S/C71H62BN3/c1-68(2,3)46-29-35-49(36-30-46)73(50-37-31-47(32-38-50)69(4,5)6)52-41-42-56-57-43-45-19-10-11-20-53(45)66-65(57)72(75(64(56)44-52)51-39-33-48(34-40-51)70(7,8)9)62-27-18-26-61-67(62)74(66)63-28-17-16-25-60(63)71(61)58-23-14-12-21-54(58)55-22-13-15-24-59(55)71/h10-44H,1-9H3. The van der Waals surface area contributed by atoms with Gasteiger partial charge in [0.2, 0.25) is 0 Å². The van der Waals surface area contributed by atoms with Gasteiger partial charge in [0.1, 0.15) is 0 Å². The molecule has 3 aliphatic heterocycles. The SMILES string of the molecule is CC(C)(C)c1ccc(N2B3c4cccc5c4N(c4ccccc4C54c5ccccc5-c5ccccc54)c4c3c(cc3ccccc43)-c3ccc(N(c4ccc(C(C)(C)C)cc4)c4ccc(C(C)(C)C)cc4)cc32)cc1. The van der Waals surface area contributed by atoms with E-state index < -0.39 is 5.41 Å². The number of benzene rings is 10. The lowest BCUT2D eigenvalue weighted by atomic mass is 9.42. The maximum Gasteiger partial charge on any atom is 0.333 e. The van der Waals surface area contributed by atoms with E-state index in [1.807, 2.05) is 0 Å². The van der Waals surface area contributed by atoms with Gasteiger partial charge in [0.15, 0.2) is 0 Å². The molecule has 0 unspecified atom stereocenters. The summed E-state index contributed by atoms with van der Waals surface area (Å²) in [5.41, 5.74) is 26.0. The van der Waals surface area contributed by atoms with E-state index in [4.69, 9.17) is 0 Å². The van der Waals surface area contributed by atoms with Crippen molar-refractivity contribution in [3.8, 4) is 22.3 Å². The van der Waals surface area contributed by atoms with Crippen LogP contribution in [0.1, 0.15) is 101 Å². The van der Waals surface area contributed by atoms with Crippen LogP contribution in [-0.2, 0) is 21.7 Å². The predicted octanol–water partition coefficient (Wildman–Crippen LogP) is 17.6. The first-order valence-corrected chi connectivity index (χ1v) is 27.0. The largest absolute Gasteiger partial charge is 0.376 e. The second-order valence-corrected chi connectivity index (χ2v) is 24.5. The van der Waals surface area contributed by atoms with Crippen molar-refractivity contribution in [2.75, 3.05) is 14.6 Å². The molecule has 364 valence electrons. The van der Waals surface area contributed by atoms with Crippen LogP contribution in [-0.4, -0.2) is 6.85 Å². The predicted molar refractivity (Wildman–Crippen MR) is 319 cm³/mol. The van der Waals surface area contributed by atoms with E-state index in [0.717, 1.165) is 17.1 Å². The van der Waals surface area contributed by atoms with Gasteiger partial charge in [0.05, 0.1) is 16.8 Å². The summed E-state index contributed by atoms with van der Waals surface area (Å²) in [6, 6.07) is 81.8. The minimum atomic E-state index is -0.541. The molecule has 1 spiro atoms. The summed E-state index contributed by atoms with van der Waals surface area (Å²) in [6.45, 7) is 20.5. The monoisotopic (exact) mass is 968 g/mol. The van der Waals surface area contributed by atoms with Gasteiger partial charge in [-0.3, -0.25) is 0 Å². The molecule has 0 bridgehead atoms. The number of hydrogen-bond acceptors (Lipinski definition) is 3. The van der Waals surface area contributed by atoms with E-state index in [1.54, 1.807) is 0 Å². The first-order valence-electron chi connectivity index (χ1n) is 27.0. The number of fused-ring (bicyclic) bond motifs is 15. The van der Waals surface area contributed by atoms with Crippen molar-refractivity contribution < 1.29 is 0 Å². The molecular weight excluding hydrogens is 906 g/mol. The Morgan fingerprint density at radius 3 is 1.49 bits per heavy atom. The Morgan fingerprint density at radius 1 is 0.387 bits per heavy atom. The molecule has 4 heteroatoms. The molecule has 10 aromatic carbocycles. The number of rotatable bonds is 4. The second kappa shape index (κ2) is 16.0. The van der Waals surface area contributed by atoms with Crippen LogP contribution in [0.3, 0.4) is 0 Å². The summed E-state index contributed by atoms with van der Waals surface area (Å²) in [4.78, 5) is 7.84. The molecule has 0 saturated heterocycles. The van der Waals surface area contributed by atoms with Crippen LogP contribution >= 0.6 is 0 Å². The number of hydrogen-bond donors (Lipinski definition) is 0. The Hall–Kier alpha value is -8.08. The van der Waals surface area contributed by atoms with Crippen LogP contribution in [0.15, 0.2) is 212 Å². The van der Waals surface area contributed by atoms with Crippen molar-refractivity contribution >= 4 is 74.0 Å². The molecule has 4 aliphatic rings. The molecule has 1 aliphatic carbocycles. The van der Waals surface area contributed by atoms with Crippen LogP contribution in [0.25, 0.3) is 33.0 Å². The average molecular weight is 968 g/mol. The highest BCUT2D eigenvalue weighted by Crippen LogP contribution is 2.64. The molecule has 75 heavy (non-hydrogen) atoms. The Labute approximate surface area is 443 Å². The molecule has 10 aromatic rings. The zero-order valence-corrected chi connectivity index (χ0v) is 44.6. The summed E-state index contributed by atoms with van der Waals surface area (Å²) in [5.74, 6) is 0. The van der Waals surface area contributed by atoms with E-state index in [-0.39, 0.29) is 23.1 Å². The van der Waals surface area contributed by atoms with Gasteiger partial charge in [-0.15, -0.1) is 0 Å². The number of para-hydroxylation sites is 2. The normalized spacial score (nSPS) is 14.5. The fraction of sp³-hybridized carbons (Fsp3) is 0.183. The van der Waals surface area contributed by atoms with Gasteiger partial charge in [-0.25, -0.2) is 0 Å². The van der Waals surface area contributed by atoms with Gasteiger partial charge in [-0.05, 0) is 149 Å². The molecule has 0 amide bonds. The highest BCUT2D eigenvalue weighted by atomic mass is 15.2. The molecule has 0 radical (unpaired) electrons. The van der Waals surface area contributed by atoms with Crippen molar-refractivity contribution in [3.05, 3.63) is 251 Å². The van der Waals surface area contributed by atoms with Crippen molar-refractivity contribution in [2.45, 2.75) is 84.0 Å². The van der Waals surface area contributed by atoms with Crippen molar-refractivity contribution in [2.24, 2.45) is 0 Å². The van der Waals surface area contributed by atoms with Gasteiger partial charge in [0, 0.05) is 45.1 Å². The highest BCUT2D eigenvalue weighted by Gasteiger charge is 2.56. The van der Waals surface area contributed by atoms with Gasteiger partial charge >= 0.3 is 6.85 Å². The third-order valence-electron chi connectivity index (χ3n) is 17.1. The van der Waals surface area contributed by atoms with Gasteiger partial charge in [-0.2, -0.15) is 0 Å². The third kappa shape index (κ3) is 6.54. The van der Waals surface area contributed by atoms with Crippen LogP contribution in [0, 0.1) is 0 Å². The van der Waals surface area contributed by atoms with Gasteiger partial charge in [0.25, 0.3) is 0 Å². The van der Waals surface area contributed by atoms with Crippen molar-refractivity contribution in [1.29, 1.82) is 0 Å². The van der Waals surface area contributed by atoms with E-state index in [0.29, 0.717) is 0 Å². The Kier molecular flexibility index (Phi) is 9.69. The second-order valence-electron chi connectivity index (χ2n) is 24.5. The van der Waals surface area contributed by atoms with Crippen LogP contribution < -0.4 is 25.5 Å². The smallest absolute Gasteiger partial charge is 0.333 e. The van der Waals surface area contributed by atoms with Crippen LogP contribution in [0.2, 0.25) is 0 Å². The van der Waals surface area contributed by atoms with Crippen molar-refractivity contribution in [3.63, 3.8) is 0 Å². The molecular formula is C71H62BN3. The topological polar surface area (TPSA) is 9.72 Å². The molecule has 0 N–H and O–H groups in total. The van der Waals surface area contributed by atoms with E-state index >= 15 is 0 Å². The number of anilines is 8. The summed E-state index contributed by atoms with van der Waals surface area (Å²) in [7, 11) is 0. The zero-order valence-electron chi connectivity index (χ0n) is 44.6. The fourth-order valence-electron chi connectivity index (χ4n) is 13.4. The minimum absolute atomic E-state index is 0.00478. The quantitative estimate of drug-likeness (QED) is 0.163. The lowest BCUT2D eigenvalue weighted by Crippen LogP contribution is -2.62. The Bertz CT molecular complexity index is 3860. The number of nitrogens with zero attached hydrogens (tertiary/aromatic N) is 3. The minimum Gasteiger partial charge on any atom is -0.376 e. The first kappa shape index (κ1) is 45.5. The van der Waals surface area contributed by atoms with Crippen LogP contribution in [0.5, 0.6) is 0 Å². The molecule has 0 aromatic heterocycles. The Balaban J connectivity index is 1.08. The van der Waals surface area contributed by atoms with Gasteiger partial charge < -0.3 is 14.6 Å². The van der Waals surface area contributed by atoms with E-state index in [2.05, 4.69) is 289 Å². The summed E-state index contributed by atoms with van der Waals surface area (Å²) < 4.78 is 0. The summed E-state index contributed by atoms with van der Waals surface area (Å²) >= 11 is 0. The Morgan fingerprint density at radius 2 is 0.893 bits per heavy atom. The average Bonchev–Trinajstić information content (AvgIpc) is 3.73. The fourth-order valence-corrected chi connectivity index (χ4v) is 13.4. The highest BCUT2D eigenvalue weighted by molar-refractivity contribution is 6.94. The summed E-state index contributed by atoms with van der Waals surface area (Å²) in [5, 5.41) is 2.49. The molecule has 0 atom stereocenters. The maximum absolute atomic E-state index is 2.70. The lowest BCUT2D eigenvalue weighted by molar-refractivity contribution is 0.590. The first-order chi connectivity index (χ1) is 36.1. The third-order valence-corrected chi connectivity index (χ3v) is 17.1. The zero-order chi connectivity index (χ0) is 51.3. The van der Waals surface area contributed by atoms with E-state index in [1.165, 1.54) is 111 Å².